The lowest BCUT2D eigenvalue weighted by Crippen LogP contribution is -2.08. The average molecular weight is 1740 g/mol. The Morgan fingerprint density at radius 1 is 0.299 bits per heavy atom. The summed E-state index contributed by atoms with van der Waals surface area (Å²) in [6.45, 7) is 0. The molecule has 10 heterocycles. The molecule has 134 heavy (non-hydrogen) atoms. The van der Waals surface area contributed by atoms with E-state index in [1.807, 2.05) is 150 Å². The van der Waals surface area contributed by atoms with E-state index in [2.05, 4.69) is 277 Å². The zero-order valence-electron chi connectivity index (χ0n) is 71.0. The smallest absolute Gasteiger partial charge is 0.240 e. The van der Waals surface area contributed by atoms with Gasteiger partial charge in [0.25, 0.3) is 0 Å². The minimum absolute atomic E-state index is 0. The van der Waals surface area contributed by atoms with E-state index >= 15 is 0 Å². The van der Waals surface area contributed by atoms with Crippen LogP contribution in [0.5, 0.6) is 0 Å². The first-order chi connectivity index (χ1) is 65.8. The predicted molar refractivity (Wildman–Crippen MR) is 542 cm³/mol. The lowest BCUT2D eigenvalue weighted by Gasteiger charge is -2.13. The Labute approximate surface area is 768 Å². The highest BCUT2D eigenvalue weighted by molar-refractivity contribution is 7.59. The number of nitriles is 2. The zero-order valence-corrected chi connectivity index (χ0v) is 72.0. The molecule has 0 spiro atoms. The maximum Gasteiger partial charge on any atom is 0.240 e. The van der Waals surface area contributed by atoms with E-state index < -0.39 is 5.82 Å². The van der Waals surface area contributed by atoms with Crippen molar-refractivity contribution in [3.05, 3.63) is 416 Å². The van der Waals surface area contributed by atoms with E-state index in [1.165, 1.54) is 39.2 Å². The van der Waals surface area contributed by atoms with Crippen LogP contribution in [0, 0.1) is 34.6 Å². The molecule has 0 atom stereocenters. The van der Waals surface area contributed by atoms with Gasteiger partial charge in [-0.25, -0.2) is 14.4 Å². The molecule has 1 N–H and O–H groups in total. The number of allylic oxidation sites excluding steroid dienone is 2. The van der Waals surface area contributed by atoms with Crippen molar-refractivity contribution in [2.45, 2.75) is 0 Å². The fourth-order valence-electron chi connectivity index (χ4n) is 20.0. The number of H-pyrrole nitrogens is 1. The summed E-state index contributed by atoms with van der Waals surface area (Å²) in [4.78, 5) is 33.1. The molecule has 17 aromatic carbocycles. The Kier molecular flexibility index (Phi) is 18.1. The molecule has 0 unspecified atom stereocenters. The topological polar surface area (TPSA) is 192 Å². The Bertz CT molecular complexity index is 9670. The van der Waals surface area contributed by atoms with Crippen LogP contribution < -0.4 is 0 Å². The summed E-state index contributed by atoms with van der Waals surface area (Å²) in [5.74, 6) is 2.20. The molecule has 10 aromatic heterocycles. The minimum Gasteiger partial charge on any atom is -0.453 e. The van der Waals surface area contributed by atoms with Crippen molar-refractivity contribution in [2.75, 3.05) is 0 Å². The normalized spacial score (nSPS) is 11.9. The average Bonchev–Trinajstić information content (AvgIpc) is 1.54. The summed E-state index contributed by atoms with van der Waals surface area (Å²) >= 11 is 0. The number of rotatable bonds is 9. The molecule has 0 fully saturated rings. The van der Waals surface area contributed by atoms with Gasteiger partial charge in [-0.15, -0.1) is 0 Å². The molecular weight excluding hydrogens is 1670 g/mol. The van der Waals surface area contributed by atoms with Gasteiger partial charge in [0.2, 0.25) is 11.9 Å². The van der Waals surface area contributed by atoms with Gasteiger partial charge in [-0.05, 0) is 146 Å². The van der Waals surface area contributed by atoms with Gasteiger partial charge in [-0.2, -0.15) is 44.0 Å². The van der Waals surface area contributed by atoms with Crippen LogP contribution in [0.4, 0.5) is 4.39 Å². The number of benzene rings is 17. The second kappa shape index (κ2) is 31.2. The molecule has 0 aliphatic heterocycles. The van der Waals surface area contributed by atoms with Gasteiger partial charge in [0.05, 0.1) is 94.2 Å². The molecule has 1 aliphatic carbocycles. The highest BCUT2D eigenvalue weighted by Crippen LogP contribution is 2.48. The van der Waals surface area contributed by atoms with Gasteiger partial charge < -0.3 is 27.5 Å². The Hall–Kier alpha value is -18.5. The van der Waals surface area contributed by atoms with Crippen molar-refractivity contribution in [1.29, 1.82) is 10.5 Å². The van der Waals surface area contributed by atoms with Crippen LogP contribution in [-0.2, 0) is 0 Å². The van der Waals surface area contributed by atoms with Crippen molar-refractivity contribution < 1.29 is 13.2 Å². The highest BCUT2D eigenvalue weighted by atomic mass is 32.1. The zero-order chi connectivity index (χ0) is 88.0. The summed E-state index contributed by atoms with van der Waals surface area (Å²) in [6, 6.07) is 131. The molecular formula is C116H68FN14O2S+. The SMILES string of the molecule is N#Cc1cc(-c2nc(-c3ccccc3)nc(-n3c4c(c5ccccc53)C=[C+]C=C4)n2)ccc1F.N#Cc1cc(-c2nc(-c3ccccc3)nc(-n3c4ccccc4c4ccccc43)n2)ccc1-n1c2ccccc2c2c3oc4c(ccc5c6ccccc6n(-c6ccccc6)c54)c3ccc21.S.c1ccc(-n2c3ccccc3c3ccc4c5ccc6[nH]c7ccccc7c6c5oc4c32)cc1. The van der Waals surface area contributed by atoms with Gasteiger partial charge in [-0.1, -0.05) is 231 Å². The number of aromatic amines is 1. The predicted octanol–water partition coefficient (Wildman–Crippen LogP) is 28.7. The third-order valence-electron chi connectivity index (χ3n) is 25.8. The van der Waals surface area contributed by atoms with Crippen molar-refractivity contribution in [2.24, 2.45) is 0 Å². The molecule has 28 rings (SSSR count). The molecule has 626 valence electrons. The lowest BCUT2D eigenvalue weighted by molar-refractivity contribution is 0.624. The number of nitrogens with zero attached hydrogens (tertiary/aromatic N) is 13. The molecule has 0 saturated heterocycles. The largest absolute Gasteiger partial charge is 0.453 e. The van der Waals surface area contributed by atoms with Crippen LogP contribution in [0.15, 0.2) is 391 Å². The van der Waals surface area contributed by atoms with E-state index in [0.29, 0.717) is 51.9 Å². The summed E-state index contributed by atoms with van der Waals surface area (Å²) in [6.07, 6.45) is 8.94. The van der Waals surface area contributed by atoms with Crippen molar-refractivity contribution in [3.8, 4) is 86.6 Å². The van der Waals surface area contributed by atoms with Crippen LogP contribution in [0.2, 0.25) is 0 Å². The van der Waals surface area contributed by atoms with Gasteiger partial charge in [0.15, 0.2) is 40.2 Å². The minimum atomic E-state index is -0.581. The second-order valence-corrected chi connectivity index (χ2v) is 33.1. The van der Waals surface area contributed by atoms with Gasteiger partial charge in [0.1, 0.15) is 46.8 Å². The van der Waals surface area contributed by atoms with Gasteiger partial charge >= 0.3 is 0 Å². The molecule has 18 heteroatoms. The number of halogens is 1. The van der Waals surface area contributed by atoms with Gasteiger partial charge in [-0.3, -0.25) is 9.13 Å². The standard InChI is InChI=1S/C58H33N7O.C30H18N2O.C28H15FN5.H2S/c59-34-37-33-36(57-60-56(35-15-3-1-4-16-35)61-58(62-57)65-48-24-12-7-19-39(48)40-20-8-13-25-49(40)65)27-31-46(37)64-50-26-14-10-22-45(50)52-51(64)32-30-43-44-29-28-42-41-21-9-11-23-47(41)63(38-17-5-2-6-18-38)53(42)55(44)66-54(43)52;1-2-8-18(9-3-1)32-26-13-7-5-10-19(26)20-14-15-22-21-16-17-25-27(29(21)33-30(22)28(20)32)23-11-4-6-12-24(23)31-25;29-23-15-14-19(16-20(23)17-30)27-31-26(18-8-2-1-3-9-18)32-28(33-27)34-24-12-6-4-10-21(24)22-11-5-7-13-25(22)34;/h1-33H;1-17,31H;1-4,6-16H;1H2/q;;+1;. The summed E-state index contributed by atoms with van der Waals surface area (Å²) < 4.78 is 38.9. The lowest BCUT2D eigenvalue weighted by atomic mass is 10.1. The Morgan fingerprint density at radius 2 is 0.694 bits per heavy atom. The third kappa shape index (κ3) is 12.2. The van der Waals surface area contributed by atoms with Crippen LogP contribution >= 0.6 is 13.5 Å². The number of hydrogen-bond acceptors (Lipinski definition) is 10. The number of fused-ring (bicyclic) bond motifs is 28. The number of aromatic nitrogens is 12. The molecule has 0 amide bonds. The van der Waals surface area contributed by atoms with Crippen LogP contribution in [-0.4, -0.2) is 57.7 Å². The number of nitrogens with one attached hydrogen (secondary N) is 1. The molecule has 0 radical (unpaired) electrons. The number of furan rings is 2. The van der Waals surface area contributed by atoms with Crippen LogP contribution in [0.1, 0.15) is 22.4 Å². The summed E-state index contributed by atoms with van der Waals surface area (Å²) in [7, 11) is 0. The third-order valence-corrected chi connectivity index (χ3v) is 25.8. The first-order valence-corrected chi connectivity index (χ1v) is 43.8. The van der Waals surface area contributed by atoms with E-state index in [-0.39, 0.29) is 19.1 Å². The van der Waals surface area contributed by atoms with Gasteiger partial charge in [0, 0.05) is 110 Å². The quantitative estimate of drug-likeness (QED) is 0.136. The maximum atomic E-state index is 14.0. The Balaban J connectivity index is 0.000000118. The molecule has 27 aromatic rings. The van der Waals surface area contributed by atoms with Crippen LogP contribution in [0.25, 0.3) is 250 Å². The van der Waals surface area contributed by atoms with E-state index in [4.69, 9.17) is 33.8 Å². The fraction of sp³-hybridized carbons (Fsp3) is 0. The summed E-state index contributed by atoms with van der Waals surface area (Å²) in [5.41, 5.74) is 23.3. The molecule has 0 saturated carbocycles. The number of hydrogen-bond donors (Lipinski definition) is 1. The molecule has 16 nitrogen and oxygen atoms in total. The Morgan fingerprint density at radius 3 is 1.23 bits per heavy atom. The number of para-hydroxylation sites is 9. The van der Waals surface area contributed by atoms with Crippen molar-refractivity contribution in [1.82, 2.24) is 57.7 Å². The molecule has 1 aliphatic rings. The van der Waals surface area contributed by atoms with Crippen LogP contribution in [0.3, 0.4) is 0 Å². The fourth-order valence-corrected chi connectivity index (χ4v) is 20.0. The van der Waals surface area contributed by atoms with Crippen molar-refractivity contribution >= 4 is 189 Å². The van der Waals surface area contributed by atoms with Crippen molar-refractivity contribution in [3.63, 3.8) is 0 Å². The monoisotopic (exact) mass is 1740 g/mol. The second-order valence-electron chi connectivity index (χ2n) is 33.1. The van der Waals surface area contributed by atoms with E-state index in [0.717, 1.165) is 176 Å². The first-order valence-electron chi connectivity index (χ1n) is 43.8. The maximum absolute atomic E-state index is 14.0. The highest BCUT2D eigenvalue weighted by Gasteiger charge is 2.30. The first kappa shape index (κ1) is 77.9. The van der Waals surface area contributed by atoms with E-state index in [1.54, 1.807) is 6.07 Å². The summed E-state index contributed by atoms with van der Waals surface area (Å²) in [5, 5.41) is 37.1. The van der Waals surface area contributed by atoms with E-state index in [9.17, 15) is 14.9 Å². The molecule has 0 bridgehead atoms.